The van der Waals surface area contributed by atoms with Crippen LogP contribution in [0.15, 0.2) is 18.2 Å². The van der Waals surface area contributed by atoms with Crippen LogP contribution in [0.3, 0.4) is 0 Å². The van der Waals surface area contributed by atoms with Crippen molar-refractivity contribution in [2.75, 3.05) is 26.3 Å². The molecule has 4 nitrogen and oxygen atoms in total. The Morgan fingerprint density at radius 1 is 1.14 bits per heavy atom. The van der Waals surface area contributed by atoms with Gasteiger partial charge in [0.1, 0.15) is 0 Å². The molecule has 4 heteroatoms. The van der Waals surface area contributed by atoms with Crippen LogP contribution in [-0.2, 0) is 0 Å². The van der Waals surface area contributed by atoms with Crippen LogP contribution < -0.4 is 20.5 Å². The highest BCUT2D eigenvalue weighted by atomic mass is 16.5. The molecule has 1 aromatic carbocycles. The summed E-state index contributed by atoms with van der Waals surface area (Å²) in [5, 5.41) is 3.59. The van der Waals surface area contributed by atoms with Gasteiger partial charge in [0, 0.05) is 19.0 Å². The van der Waals surface area contributed by atoms with Gasteiger partial charge in [0.2, 0.25) is 0 Å². The second-order valence-corrected chi connectivity index (χ2v) is 6.08. The molecule has 1 fully saturated rings. The molecule has 3 rings (SSSR count). The fourth-order valence-electron chi connectivity index (χ4n) is 2.98. The second-order valence-electron chi connectivity index (χ2n) is 6.08. The van der Waals surface area contributed by atoms with Gasteiger partial charge >= 0.3 is 0 Å². The normalized spacial score (nSPS) is 19.7. The third kappa shape index (κ3) is 3.69. The van der Waals surface area contributed by atoms with E-state index in [-0.39, 0.29) is 6.04 Å². The SMILES string of the molecule is NCC(NCCC1CCC1)c1ccc2c(c1)OCCCO2. The van der Waals surface area contributed by atoms with E-state index < -0.39 is 0 Å². The molecule has 0 spiro atoms. The number of nitrogens with one attached hydrogen (secondary N) is 1. The highest BCUT2D eigenvalue weighted by Gasteiger charge is 2.18. The Kier molecular flexibility index (Phi) is 4.99. The summed E-state index contributed by atoms with van der Waals surface area (Å²) in [4.78, 5) is 0. The third-order valence-electron chi connectivity index (χ3n) is 4.58. The summed E-state index contributed by atoms with van der Waals surface area (Å²) in [6.45, 7) is 3.09. The van der Waals surface area contributed by atoms with Crippen LogP contribution >= 0.6 is 0 Å². The monoisotopic (exact) mass is 290 g/mol. The zero-order valence-corrected chi connectivity index (χ0v) is 12.6. The van der Waals surface area contributed by atoms with E-state index in [0.717, 1.165) is 43.6 Å². The fraction of sp³-hybridized carbons (Fsp3) is 0.647. The summed E-state index contributed by atoms with van der Waals surface area (Å²) in [5.74, 6) is 2.63. The summed E-state index contributed by atoms with van der Waals surface area (Å²) in [6, 6.07) is 6.38. The van der Waals surface area contributed by atoms with Gasteiger partial charge < -0.3 is 20.5 Å². The summed E-state index contributed by atoms with van der Waals surface area (Å²) < 4.78 is 11.4. The minimum absolute atomic E-state index is 0.197. The van der Waals surface area contributed by atoms with E-state index in [0.29, 0.717) is 6.54 Å². The topological polar surface area (TPSA) is 56.5 Å². The van der Waals surface area contributed by atoms with Crippen molar-refractivity contribution < 1.29 is 9.47 Å². The molecule has 1 saturated carbocycles. The average Bonchev–Trinajstić information content (AvgIpc) is 2.70. The van der Waals surface area contributed by atoms with Gasteiger partial charge in [-0.15, -0.1) is 0 Å². The second kappa shape index (κ2) is 7.14. The minimum atomic E-state index is 0.197. The first kappa shape index (κ1) is 14.7. The fourth-order valence-corrected chi connectivity index (χ4v) is 2.98. The molecule has 3 N–H and O–H groups in total. The van der Waals surface area contributed by atoms with Gasteiger partial charge in [-0.1, -0.05) is 25.3 Å². The summed E-state index contributed by atoms with van der Waals surface area (Å²) in [5.41, 5.74) is 7.13. The van der Waals surface area contributed by atoms with Crippen LogP contribution in [-0.4, -0.2) is 26.3 Å². The molecule has 0 amide bonds. The Labute approximate surface area is 127 Å². The highest BCUT2D eigenvalue weighted by molar-refractivity contribution is 5.44. The van der Waals surface area contributed by atoms with Gasteiger partial charge in [-0.05, 0) is 36.6 Å². The van der Waals surface area contributed by atoms with Crippen molar-refractivity contribution in [1.29, 1.82) is 0 Å². The number of hydrogen-bond acceptors (Lipinski definition) is 4. The average molecular weight is 290 g/mol. The van der Waals surface area contributed by atoms with Crippen molar-refractivity contribution in [2.24, 2.45) is 11.7 Å². The lowest BCUT2D eigenvalue weighted by Gasteiger charge is -2.26. The van der Waals surface area contributed by atoms with E-state index in [2.05, 4.69) is 17.4 Å². The van der Waals surface area contributed by atoms with E-state index >= 15 is 0 Å². The Morgan fingerprint density at radius 2 is 1.95 bits per heavy atom. The number of hydrogen-bond donors (Lipinski definition) is 2. The summed E-state index contributed by atoms with van der Waals surface area (Å²) >= 11 is 0. The van der Waals surface area contributed by atoms with Gasteiger partial charge in [0.05, 0.1) is 13.2 Å². The maximum Gasteiger partial charge on any atom is 0.161 e. The van der Waals surface area contributed by atoms with Crippen molar-refractivity contribution in [3.05, 3.63) is 23.8 Å². The lowest BCUT2D eigenvalue weighted by molar-refractivity contribution is 0.287. The van der Waals surface area contributed by atoms with Crippen molar-refractivity contribution in [1.82, 2.24) is 5.32 Å². The molecule has 1 unspecified atom stereocenters. The van der Waals surface area contributed by atoms with Gasteiger partial charge in [0.25, 0.3) is 0 Å². The van der Waals surface area contributed by atoms with E-state index in [9.17, 15) is 0 Å². The van der Waals surface area contributed by atoms with Gasteiger partial charge in [-0.25, -0.2) is 0 Å². The minimum Gasteiger partial charge on any atom is -0.490 e. The molecule has 0 bridgehead atoms. The Morgan fingerprint density at radius 3 is 2.67 bits per heavy atom. The van der Waals surface area contributed by atoms with E-state index in [1.54, 1.807) is 0 Å². The van der Waals surface area contributed by atoms with Crippen molar-refractivity contribution >= 4 is 0 Å². The quantitative estimate of drug-likeness (QED) is 0.845. The van der Waals surface area contributed by atoms with Gasteiger partial charge in [-0.2, -0.15) is 0 Å². The standard InChI is InChI=1S/C17H26N2O2/c18-12-15(19-8-7-13-3-1-4-13)14-5-6-16-17(11-14)21-10-2-9-20-16/h5-6,11,13,15,19H,1-4,7-10,12,18H2. The first-order valence-corrected chi connectivity index (χ1v) is 8.20. The largest absolute Gasteiger partial charge is 0.490 e. The number of benzene rings is 1. The van der Waals surface area contributed by atoms with Crippen LogP contribution in [0.4, 0.5) is 0 Å². The maximum atomic E-state index is 5.94. The van der Waals surface area contributed by atoms with Crippen LogP contribution in [0, 0.1) is 5.92 Å². The molecule has 0 radical (unpaired) electrons. The van der Waals surface area contributed by atoms with Crippen LogP contribution in [0.5, 0.6) is 11.5 Å². The number of ether oxygens (including phenoxy) is 2. The van der Waals surface area contributed by atoms with Crippen molar-refractivity contribution in [3.63, 3.8) is 0 Å². The van der Waals surface area contributed by atoms with E-state index in [1.807, 2.05) is 6.07 Å². The smallest absolute Gasteiger partial charge is 0.161 e. The Bertz CT molecular complexity index is 460. The molecule has 1 heterocycles. The third-order valence-corrected chi connectivity index (χ3v) is 4.58. The van der Waals surface area contributed by atoms with Gasteiger partial charge in [0.15, 0.2) is 11.5 Å². The molecule has 1 aliphatic heterocycles. The van der Waals surface area contributed by atoms with Crippen molar-refractivity contribution in [3.8, 4) is 11.5 Å². The predicted molar refractivity (Wildman–Crippen MR) is 83.8 cm³/mol. The van der Waals surface area contributed by atoms with Crippen LogP contribution in [0.1, 0.15) is 43.7 Å². The zero-order chi connectivity index (χ0) is 14.5. The van der Waals surface area contributed by atoms with E-state index in [4.69, 9.17) is 15.2 Å². The molecular weight excluding hydrogens is 264 g/mol. The number of nitrogens with two attached hydrogens (primary N) is 1. The molecule has 21 heavy (non-hydrogen) atoms. The zero-order valence-electron chi connectivity index (χ0n) is 12.6. The Balaban J connectivity index is 1.61. The van der Waals surface area contributed by atoms with E-state index in [1.165, 1.54) is 31.2 Å². The first-order valence-electron chi connectivity index (χ1n) is 8.20. The molecule has 1 aliphatic carbocycles. The Hall–Kier alpha value is -1.26. The molecule has 0 aromatic heterocycles. The highest BCUT2D eigenvalue weighted by Crippen LogP contribution is 2.32. The van der Waals surface area contributed by atoms with Crippen molar-refractivity contribution in [2.45, 2.75) is 38.1 Å². The molecule has 2 aliphatic rings. The summed E-state index contributed by atoms with van der Waals surface area (Å²) in [7, 11) is 0. The predicted octanol–water partition coefficient (Wildman–Crippen LogP) is 2.63. The summed E-state index contributed by atoms with van der Waals surface area (Å²) in [6.07, 6.45) is 6.41. The molecular formula is C17H26N2O2. The lowest BCUT2D eigenvalue weighted by atomic mass is 9.83. The molecule has 1 aromatic rings. The molecule has 0 saturated heterocycles. The first-order chi connectivity index (χ1) is 10.4. The lowest BCUT2D eigenvalue weighted by Crippen LogP contribution is -2.30. The molecule has 1 atom stereocenters. The van der Waals surface area contributed by atoms with Crippen LogP contribution in [0.25, 0.3) is 0 Å². The van der Waals surface area contributed by atoms with Crippen LogP contribution in [0.2, 0.25) is 0 Å². The van der Waals surface area contributed by atoms with Gasteiger partial charge in [-0.3, -0.25) is 0 Å². The molecule has 116 valence electrons. The number of rotatable bonds is 6. The number of fused-ring (bicyclic) bond motifs is 1. The maximum absolute atomic E-state index is 5.94.